The molecule has 1 aromatic heterocycles. The highest BCUT2D eigenvalue weighted by Crippen LogP contribution is 2.27. The Hall–Kier alpha value is -3.19. The number of aromatic nitrogens is 1. The van der Waals surface area contributed by atoms with Crippen LogP contribution in [0.1, 0.15) is 49.9 Å². The lowest BCUT2D eigenvalue weighted by Gasteiger charge is -2.29. The summed E-state index contributed by atoms with van der Waals surface area (Å²) in [7, 11) is -6.66. The molecule has 0 spiro atoms. The molecule has 2 aromatic carbocycles. The quantitative estimate of drug-likeness (QED) is 0.369. The van der Waals surface area contributed by atoms with Gasteiger partial charge in [-0.3, -0.25) is 14.7 Å². The molecule has 2 N–H and O–H groups in total. The second-order valence-corrected chi connectivity index (χ2v) is 15.5. The third-order valence-corrected chi connectivity index (χ3v) is 11.4. The standard InChI is InChI=1S/C31H37FN4O5S2/c1-22(23-2-9-27(32)10-3-23)34-31(37)25-4-11-28(12-5-25)35-43(40,41)30-14-7-24(8-15-30)26-6-13-29(33-20-26)21-36-16-18-42(38,39)19-17-36/h2-3,6-10,13-15,20,22,25,28,35H,4-5,11-12,16-19,21H2,1H3,(H,34,37)/t22-,25?,28?/m1/s1. The van der Waals surface area contributed by atoms with Gasteiger partial charge in [-0.15, -0.1) is 0 Å². The number of pyridine rings is 1. The largest absolute Gasteiger partial charge is 0.349 e. The fourth-order valence-electron chi connectivity index (χ4n) is 5.58. The molecule has 9 nitrogen and oxygen atoms in total. The number of carbonyl (C=O) groups is 1. The van der Waals surface area contributed by atoms with E-state index in [4.69, 9.17) is 0 Å². The van der Waals surface area contributed by atoms with Crippen molar-refractivity contribution in [3.05, 3.63) is 83.9 Å². The number of carbonyl (C=O) groups excluding carboxylic acids is 1. The van der Waals surface area contributed by atoms with E-state index in [2.05, 4.69) is 19.9 Å². The van der Waals surface area contributed by atoms with Gasteiger partial charge in [0.1, 0.15) is 5.82 Å². The number of sulfone groups is 1. The van der Waals surface area contributed by atoms with Gasteiger partial charge in [-0.25, -0.2) is 25.9 Å². The number of halogens is 1. The van der Waals surface area contributed by atoms with Crippen LogP contribution in [0.2, 0.25) is 0 Å². The lowest BCUT2D eigenvalue weighted by atomic mass is 9.85. The van der Waals surface area contributed by atoms with Gasteiger partial charge in [0.15, 0.2) is 9.84 Å². The summed E-state index contributed by atoms with van der Waals surface area (Å²) in [6, 6.07) is 16.1. The highest BCUT2D eigenvalue weighted by atomic mass is 32.2. The Morgan fingerprint density at radius 2 is 1.58 bits per heavy atom. The maximum Gasteiger partial charge on any atom is 0.240 e. The summed E-state index contributed by atoms with van der Waals surface area (Å²) in [5.41, 5.74) is 3.36. The van der Waals surface area contributed by atoms with Gasteiger partial charge in [-0.1, -0.05) is 30.3 Å². The molecule has 1 aliphatic carbocycles. The van der Waals surface area contributed by atoms with Gasteiger partial charge in [0.05, 0.1) is 28.1 Å². The van der Waals surface area contributed by atoms with Gasteiger partial charge < -0.3 is 5.32 Å². The molecule has 0 bridgehead atoms. The van der Waals surface area contributed by atoms with Crippen LogP contribution in [0.25, 0.3) is 11.1 Å². The van der Waals surface area contributed by atoms with E-state index in [0.717, 1.165) is 22.4 Å². The zero-order chi connectivity index (χ0) is 30.6. The van der Waals surface area contributed by atoms with Crippen molar-refractivity contribution in [1.82, 2.24) is 19.9 Å². The van der Waals surface area contributed by atoms with E-state index in [9.17, 15) is 26.0 Å². The number of sulfonamides is 1. The van der Waals surface area contributed by atoms with Crippen molar-refractivity contribution in [1.29, 1.82) is 0 Å². The minimum absolute atomic E-state index is 0.0711. The highest BCUT2D eigenvalue weighted by Gasteiger charge is 2.30. The van der Waals surface area contributed by atoms with Crippen LogP contribution in [0.5, 0.6) is 0 Å². The summed E-state index contributed by atoms with van der Waals surface area (Å²) >= 11 is 0. The van der Waals surface area contributed by atoms with E-state index >= 15 is 0 Å². The van der Waals surface area contributed by atoms with Crippen LogP contribution in [0.3, 0.4) is 0 Å². The third kappa shape index (κ3) is 8.26. The van der Waals surface area contributed by atoms with Crippen LogP contribution < -0.4 is 10.0 Å². The number of amides is 1. The number of rotatable bonds is 9. The van der Waals surface area contributed by atoms with E-state index in [1.54, 1.807) is 42.6 Å². The van der Waals surface area contributed by atoms with Crippen LogP contribution in [0.4, 0.5) is 4.39 Å². The summed E-state index contributed by atoms with van der Waals surface area (Å²) in [6.45, 7) is 3.45. The number of hydrogen-bond donors (Lipinski definition) is 2. The summed E-state index contributed by atoms with van der Waals surface area (Å²) in [6.07, 6.45) is 4.02. The Labute approximate surface area is 252 Å². The molecule has 12 heteroatoms. The molecule has 2 heterocycles. The molecule has 5 rings (SSSR count). The second kappa shape index (κ2) is 13.2. The number of benzene rings is 2. The van der Waals surface area contributed by atoms with E-state index in [-0.39, 0.29) is 46.1 Å². The van der Waals surface area contributed by atoms with Crippen LogP contribution in [0.15, 0.2) is 71.8 Å². The summed E-state index contributed by atoms with van der Waals surface area (Å²) < 4.78 is 65.5. The van der Waals surface area contributed by atoms with Crippen molar-refractivity contribution in [2.24, 2.45) is 5.92 Å². The van der Waals surface area contributed by atoms with E-state index in [1.807, 2.05) is 19.1 Å². The maximum absolute atomic E-state index is 13.2. The summed E-state index contributed by atoms with van der Waals surface area (Å²) in [5.74, 6) is -0.244. The van der Waals surface area contributed by atoms with Crippen molar-refractivity contribution in [2.45, 2.75) is 56.1 Å². The Morgan fingerprint density at radius 1 is 0.953 bits per heavy atom. The first-order valence-corrected chi connectivity index (χ1v) is 17.8. The molecule has 1 saturated heterocycles. The molecule has 43 heavy (non-hydrogen) atoms. The van der Waals surface area contributed by atoms with Crippen molar-refractivity contribution in [3.63, 3.8) is 0 Å². The molecule has 1 atom stereocenters. The fourth-order valence-corrected chi connectivity index (χ4v) is 8.16. The predicted octanol–water partition coefficient (Wildman–Crippen LogP) is 3.83. The Kier molecular flexibility index (Phi) is 9.60. The summed E-state index contributed by atoms with van der Waals surface area (Å²) in [5, 5.41) is 2.99. The monoisotopic (exact) mass is 628 g/mol. The number of nitrogens with one attached hydrogen (secondary N) is 2. The first-order valence-electron chi connectivity index (χ1n) is 14.5. The average Bonchev–Trinajstić information content (AvgIpc) is 2.99. The smallest absolute Gasteiger partial charge is 0.240 e. The molecule has 2 aliphatic rings. The molecule has 3 aromatic rings. The van der Waals surface area contributed by atoms with Gasteiger partial charge in [0, 0.05) is 43.4 Å². The molecule has 1 amide bonds. The average molecular weight is 629 g/mol. The predicted molar refractivity (Wildman–Crippen MR) is 163 cm³/mol. The van der Waals surface area contributed by atoms with Gasteiger partial charge in [0.25, 0.3) is 0 Å². The van der Waals surface area contributed by atoms with Crippen molar-refractivity contribution in [2.75, 3.05) is 24.6 Å². The van der Waals surface area contributed by atoms with Gasteiger partial charge in [-0.2, -0.15) is 0 Å². The first kappa shape index (κ1) is 31.2. The molecule has 1 aliphatic heterocycles. The Bertz CT molecular complexity index is 1610. The SMILES string of the molecule is C[C@@H](NC(=O)C1CCC(NS(=O)(=O)c2ccc(-c3ccc(CN4CCS(=O)(=O)CC4)nc3)cc2)CC1)c1ccc(F)cc1. The van der Waals surface area contributed by atoms with E-state index in [1.165, 1.54) is 12.1 Å². The molecule has 230 valence electrons. The summed E-state index contributed by atoms with van der Waals surface area (Å²) in [4.78, 5) is 19.6. The van der Waals surface area contributed by atoms with Crippen molar-refractivity contribution < 1.29 is 26.0 Å². The van der Waals surface area contributed by atoms with Crippen LogP contribution >= 0.6 is 0 Å². The highest BCUT2D eigenvalue weighted by molar-refractivity contribution is 7.91. The zero-order valence-electron chi connectivity index (χ0n) is 24.1. The molecular formula is C31H37FN4O5S2. The minimum atomic E-state index is -3.73. The number of nitrogens with zero attached hydrogens (tertiary/aromatic N) is 2. The molecule has 1 saturated carbocycles. The maximum atomic E-state index is 13.2. The van der Waals surface area contributed by atoms with Crippen molar-refractivity contribution >= 4 is 25.8 Å². The fraction of sp³-hybridized carbons (Fsp3) is 0.419. The minimum Gasteiger partial charge on any atom is -0.349 e. The molecule has 2 fully saturated rings. The molecule has 0 unspecified atom stereocenters. The first-order chi connectivity index (χ1) is 20.5. The zero-order valence-corrected chi connectivity index (χ0v) is 25.7. The third-order valence-electron chi connectivity index (χ3n) is 8.29. The van der Waals surface area contributed by atoms with Gasteiger partial charge >= 0.3 is 0 Å². The lowest BCUT2D eigenvalue weighted by Crippen LogP contribution is -2.41. The Morgan fingerprint density at radius 3 is 2.19 bits per heavy atom. The van der Waals surface area contributed by atoms with Crippen LogP contribution in [0, 0.1) is 11.7 Å². The Balaban J connectivity index is 1.10. The lowest BCUT2D eigenvalue weighted by molar-refractivity contribution is -0.126. The normalized spacial score (nSPS) is 21.6. The topological polar surface area (TPSA) is 126 Å². The van der Waals surface area contributed by atoms with Gasteiger partial charge in [0.2, 0.25) is 15.9 Å². The van der Waals surface area contributed by atoms with E-state index in [0.29, 0.717) is 45.3 Å². The van der Waals surface area contributed by atoms with E-state index < -0.39 is 19.9 Å². The second-order valence-electron chi connectivity index (χ2n) is 11.4. The number of hydrogen-bond acceptors (Lipinski definition) is 7. The molecule has 0 radical (unpaired) electrons. The van der Waals surface area contributed by atoms with Gasteiger partial charge in [-0.05, 0) is 74.1 Å². The van der Waals surface area contributed by atoms with Crippen molar-refractivity contribution in [3.8, 4) is 11.1 Å². The van der Waals surface area contributed by atoms with Crippen LogP contribution in [-0.4, -0.2) is 63.3 Å². The molecular weight excluding hydrogens is 591 g/mol. The van der Waals surface area contributed by atoms with Crippen LogP contribution in [-0.2, 0) is 31.2 Å².